The molecule has 0 spiro atoms. The van der Waals surface area contributed by atoms with E-state index >= 15 is 0 Å². The first-order valence-corrected chi connectivity index (χ1v) is 6.03. The molecule has 0 bridgehead atoms. The van der Waals surface area contributed by atoms with Gasteiger partial charge in [0.2, 0.25) is 0 Å². The molecule has 1 heterocycles. The molecule has 1 unspecified atom stereocenters. The van der Waals surface area contributed by atoms with Gasteiger partial charge in [-0.1, -0.05) is 0 Å². The van der Waals surface area contributed by atoms with Gasteiger partial charge in [0, 0.05) is 17.5 Å². The minimum absolute atomic E-state index is 0.0460. The zero-order valence-corrected chi connectivity index (χ0v) is 9.53. The van der Waals surface area contributed by atoms with E-state index in [0.29, 0.717) is 6.61 Å². The summed E-state index contributed by atoms with van der Waals surface area (Å²) in [5, 5.41) is 0.126. The van der Waals surface area contributed by atoms with Crippen molar-refractivity contribution in [2.24, 2.45) is 0 Å². The fraction of sp³-hybridized carbons (Fsp3) is 0.455. The molecule has 0 aliphatic carbocycles. The number of hydrogen-bond donors (Lipinski definition) is 1. The highest BCUT2D eigenvalue weighted by Crippen LogP contribution is 2.33. The van der Waals surface area contributed by atoms with Crippen molar-refractivity contribution < 1.29 is 13.5 Å². The lowest BCUT2D eigenvalue weighted by Gasteiger charge is -2.21. The zero-order chi connectivity index (χ0) is 11.5. The smallest absolute Gasteiger partial charge is 0.141 e. The Kier molecular flexibility index (Phi) is 3.66. The number of nitrogen functional groups attached to an aromatic ring is 1. The van der Waals surface area contributed by atoms with Crippen LogP contribution < -0.4 is 5.73 Å². The van der Waals surface area contributed by atoms with Gasteiger partial charge in [0.05, 0.1) is 11.5 Å². The largest absolute Gasteiger partial charge is 0.399 e. The summed E-state index contributed by atoms with van der Waals surface area (Å²) in [5.74, 6) is -1.18. The number of benzene rings is 1. The van der Waals surface area contributed by atoms with E-state index in [9.17, 15) is 8.78 Å². The summed E-state index contributed by atoms with van der Waals surface area (Å²) >= 11 is 1.20. The molecule has 1 aliphatic heterocycles. The second kappa shape index (κ2) is 5.01. The summed E-state index contributed by atoms with van der Waals surface area (Å²) < 4.78 is 32.2. The Bertz CT molecular complexity index is 357. The van der Waals surface area contributed by atoms with Crippen LogP contribution in [0.1, 0.15) is 12.8 Å². The lowest BCUT2D eigenvalue weighted by Crippen LogP contribution is -2.19. The highest BCUT2D eigenvalue weighted by Gasteiger charge is 2.19. The van der Waals surface area contributed by atoms with Gasteiger partial charge in [0.15, 0.2) is 0 Å². The third kappa shape index (κ3) is 2.65. The number of rotatable bonds is 2. The van der Waals surface area contributed by atoms with Crippen LogP contribution in [0.4, 0.5) is 14.5 Å². The lowest BCUT2D eigenvalue weighted by atomic mass is 10.2. The Morgan fingerprint density at radius 3 is 2.56 bits per heavy atom. The Labute approximate surface area is 97.2 Å². The molecule has 88 valence electrons. The fourth-order valence-corrected chi connectivity index (χ4v) is 2.79. The molecule has 1 aromatic rings. The van der Waals surface area contributed by atoms with Crippen LogP contribution in [0.3, 0.4) is 0 Å². The minimum atomic E-state index is -0.590. The van der Waals surface area contributed by atoms with Crippen molar-refractivity contribution in [1.29, 1.82) is 0 Å². The van der Waals surface area contributed by atoms with Crippen LogP contribution >= 0.6 is 11.8 Å². The molecule has 1 atom stereocenters. The van der Waals surface area contributed by atoms with Crippen LogP contribution in [-0.2, 0) is 4.74 Å². The van der Waals surface area contributed by atoms with E-state index in [1.54, 1.807) is 0 Å². The molecule has 16 heavy (non-hydrogen) atoms. The molecule has 5 heteroatoms. The second-order valence-electron chi connectivity index (χ2n) is 3.77. The Morgan fingerprint density at radius 1 is 1.31 bits per heavy atom. The third-order valence-electron chi connectivity index (χ3n) is 2.42. The molecule has 2 N–H and O–H groups in total. The SMILES string of the molecule is Nc1cc(F)c(SC2CCCOC2)c(F)c1. The van der Waals surface area contributed by atoms with Gasteiger partial charge in [0.1, 0.15) is 11.6 Å². The molecule has 0 aromatic heterocycles. The molecule has 1 aromatic carbocycles. The first-order valence-electron chi connectivity index (χ1n) is 5.16. The topological polar surface area (TPSA) is 35.2 Å². The van der Waals surface area contributed by atoms with Gasteiger partial charge in [0.25, 0.3) is 0 Å². The maximum atomic E-state index is 13.5. The number of hydrogen-bond acceptors (Lipinski definition) is 3. The van der Waals surface area contributed by atoms with Crippen molar-refractivity contribution in [2.45, 2.75) is 23.0 Å². The van der Waals surface area contributed by atoms with Crippen LogP contribution in [-0.4, -0.2) is 18.5 Å². The van der Waals surface area contributed by atoms with Gasteiger partial charge < -0.3 is 10.5 Å². The lowest BCUT2D eigenvalue weighted by molar-refractivity contribution is 0.101. The van der Waals surface area contributed by atoms with E-state index in [4.69, 9.17) is 10.5 Å². The first-order chi connectivity index (χ1) is 7.66. The molecule has 1 aliphatic rings. The Hall–Kier alpha value is -0.810. The molecule has 0 radical (unpaired) electrons. The quantitative estimate of drug-likeness (QED) is 0.814. The van der Waals surface area contributed by atoms with E-state index in [-0.39, 0.29) is 15.8 Å². The molecule has 1 saturated heterocycles. The molecule has 1 fully saturated rings. The van der Waals surface area contributed by atoms with Crippen LogP contribution in [0.15, 0.2) is 17.0 Å². The van der Waals surface area contributed by atoms with Crippen LogP contribution in [0.2, 0.25) is 0 Å². The number of halogens is 2. The monoisotopic (exact) mass is 245 g/mol. The van der Waals surface area contributed by atoms with Gasteiger partial charge in [-0.05, 0) is 25.0 Å². The summed E-state index contributed by atoms with van der Waals surface area (Å²) in [6.07, 6.45) is 1.86. The Morgan fingerprint density at radius 2 is 2.00 bits per heavy atom. The number of anilines is 1. The van der Waals surface area contributed by atoms with Gasteiger partial charge in [-0.3, -0.25) is 0 Å². The zero-order valence-electron chi connectivity index (χ0n) is 8.71. The molecule has 0 amide bonds. The highest BCUT2D eigenvalue weighted by atomic mass is 32.2. The standard InChI is InChI=1S/C11H13F2NOS/c12-9-4-7(14)5-10(13)11(9)16-8-2-1-3-15-6-8/h4-5,8H,1-3,6,14H2. The molecular formula is C11H13F2NOS. The number of nitrogens with two attached hydrogens (primary N) is 1. The van der Waals surface area contributed by atoms with E-state index in [1.165, 1.54) is 11.8 Å². The fourth-order valence-electron chi connectivity index (χ4n) is 1.66. The van der Waals surface area contributed by atoms with Gasteiger partial charge in [-0.2, -0.15) is 0 Å². The summed E-state index contributed by atoms with van der Waals surface area (Å²) in [6.45, 7) is 1.29. The molecule has 0 saturated carbocycles. The van der Waals surface area contributed by atoms with E-state index in [0.717, 1.165) is 31.6 Å². The van der Waals surface area contributed by atoms with Crippen molar-refractivity contribution in [3.63, 3.8) is 0 Å². The normalized spacial score (nSPS) is 21.0. The maximum absolute atomic E-state index is 13.5. The summed E-state index contributed by atoms with van der Waals surface area (Å²) in [5.41, 5.74) is 5.46. The second-order valence-corrected chi connectivity index (χ2v) is 5.08. The van der Waals surface area contributed by atoms with Crippen molar-refractivity contribution >= 4 is 17.4 Å². The maximum Gasteiger partial charge on any atom is 0.141 e. The van der Waals surface area contributed by atoms with Crippen molar-refractivity contribution in [3.05, 3.63) is 23.8 Å². The van der Waals surface area contributed by atoms with E-state index < -0.39 is 11.6 Å². The average molecular weight is 245 g/mol. The first kappa shape index (κ1) is 11.7. The van der Waals surface area contributed by atoms with Crippen LogP contribution in [0.5, 0.6) is 0 Å². The molecular weight excluding hydrogens is 232 g/mol. The summed E-state index contributed by atoms with van der Waals surface area (Å²) in [6, 6.07) is 2.30. The average Bonchev–Trinajstić information content (AvgIpc) is 2.25. The molecule has 2 rings (SSSR count). The Balaban J connectivity index is 2.14. The van der Waals surface area contributed by atoms with Gasteiger partial charge >= 0.3 is 0 Å². The summed E-state index contributed by atoms with van der Waals surface area (Å²) in [4.78, 5) is 0.0460. The predicted octanol–water partition coefficient (Wildman–Crippen LogP) is 2.82. The van der Waals surface area contributed by atoms with Crippen molar-refractivity contribution in [1.82, 2.24) is 0 Å². The van der Waals surface area contributed by atoms with E-state index in [1.807, 2.05) is 0 Å². The van der Waals surface area contributed by atoms with Crippen molar-refractivity contribution in [3.8, 4) is 0 Å². The highest BCUT2D eigenvalue weighted by molar-refractivity contribution is 8.00. The van der Waals surface area contributed by atoms with Gasteiger partial charge in [-0.15, -0.1) is 11.8 Å². The summed E-state index contributed by atoms with van der Waals surface area (Å²) in [7, 11) is 0. The van der Waals surface area contributed by atoms with Gasteiger partial charge in [-0.25, -0.2) is 8.78 Å². The van der Waals surface area contributed by atoms with E-state index in [2.05, 4.69) is 0 Å². The number of thioether (sulfide) groups is 1. The third-order valence-corrected chi connectivity index (χ3v) is 3.75. The minimum Gasteiger partial charge on any atom is -0.399 e. The predicted molar refractivity (Wildman–Crippen MR) is 60.5 cm³/mol. The number of ether oxygens (including phenoxy) is 1. The van der Waals surface area contributed by atoms with Crippen molar-refractivity contribution in [2.75, 3.05) is 18.9 Å². The van der Waals surface area contributed by atoms with Crippen LogP contribution in [0, 0.1) is 11.6 Å². The molecule has 2 nitrogen and oxygen atoms in total. The van der Waals surface area contributed by atoms with Crippen LogP contribution in [0.25, 0.3) is 0 Å².